The number of benzene rings is 1. The van der Waals surface area contributed by atoms with Gasteiger partial charge in [-0.3, -0.25) is 19.2 Å². The summed E-state index contributed by atoms with van der Waals surface area (Å²) in [5, 5.41) is 35.9. The Morgan fingerprint density at radius 1 is 0.946 bits per heavy atom. The highest BCUT2D eigenvalue weighted by Gasteiger charge is 2.31. The molecular formula is C24H33N5O8. The number of carbonyl (C=O) groups is 5. The van der Waals surface area contributed by atoms with E-state index in [9.17, 15) is 34.2 Å². The van der Waals surface area contributed by atoms with Gasteiger partial charge in [0.15, 0.2) is 0 Å². The van der Waals surface area contributed by atoms with Crippen LogP contribution in [0.3, 0.4) is 0 Å². The number of aromatic amines is 1. The van der Waals surface area contributed by atoms with E-state index in [4.69, 9.17) is 10.8 Å². The summed E-state index contributed by atoms with van der Waals surface area (Å²) in [5.74, 6) is -5.34. The molecule has 1 heterocycles. The average molecular weight is 520 g/mol. The second-order valence-electron chi connectivity index (χ2n) is 8.98. The van der Waals surface area contributed by atoms with Crippen LogP contribution >= 0.6 is 0 Å². The van der Waals surface area contributed by atoms with Crippen LogP contribution in [-0.2, 0) is 30.4 Å². The summed E-state index contributed by atoms with van der Waals surface area (Å²) in [5.41, 5.74) is 7.13. The van der Waals surface area contributed by atoms with E-state index in [1.807, 2.05) is 18.2 Å². The summed E-state index contributed by atoms with van der Waals surface area (Å²) in [4.78, 5) is 63.7. The number of carboxylic acids is 2. The minimum atomic E-state index is -1.48. The van der Waals surface area contributed by atoms with Crippen molar-refractivity contribution in [3.63, 3.8) is 0 Å². The zero-order valence-corrected chi connectivity index (χ0v) is 20.6. The van der Waals surface area contributed by atoms with Crippen molar-refractivity contribution in [2.75, 3.05) is 6.61 Å². The molecule has 202 valence electrons. The number of fused-ring (bicyclic) bond motifs is 1. The third-order valence-electron chi connectivity index (χ3n) is 5.78. The number of para-hydroxylation sites is 1. The molecule has 0 aliphatic heterocycles. The van der Waals surface area contributed by atoms with Gasteiger partial charge in [-0.15, -0.1) is 0 Å². The van der Waals surface area contributed by atoms with Gasteiger partial charge in [0.1, 0.15) is 18.1 Å². The number of nitrogens with two attached hydrogens (primary N) is 1. The summed E-state index contributed by atoms with van der Waals surface area (Å²) in [7, 11) is 0. The molecule has 0 spiro atoms. The molecule has 2 rings (SSSR count). The van der Waals surface area contributed by atoms with Gasteiger partial charge >= 0.3 is 11.9 Å². The lowest BCUT2D eigenvalue weighted by atomic mass is 10.0. The second-order valence-corrected chi connectivity index (χ2v) is 8.98. The van der Waals surface area contributed by atoms with Crippen molar-refractivity contribution >= 4 is 40.6 Å². The number of aliphatic carboxylic acids is 2. The Hall–Kier alpha value is -3.97. The van der Waals surface area contributed by atoms with Gasteiger partial charge in [0, 0.05) is 29.9 Å². The van der Waals surface area contributed by atoms with Crippen LogP contribution in [0.5, 0.6) is 0 Å². The molecule has 0 aliphatic rings. The van der Waals surface area contributed by atoms with Gasteiger partial charge in [0.25, 0.3) is 0 Å². The number of amides is 3. The summed E-state index contributed by atoms with van der Waals surface area (Å²) in [6, 6.07) is 2.10. The molecule has 1 aromatic heterocycles. The number of aliphatic hydroxyl groups is 1. The first-order valence-corrected chi connectivity index (χ1v) is 11.7. The molecule has 0 radical (unpaired) electrons. The molecule has 3 amide bonds. The molecule has 4 unspecified atom stereocenters. The van der Waals surface area contributed by atoms with E-state index >= 15 is 0 Å². The number of carbonyl (C=O) groups excluding carboxylic acids is 3. The fourth-order valence-electron chi connectivity index (χ4n) is 3.65. The van der Waals surface area contributed by atoms with E-state index in [1.165, 1.54) is 0 Å². The molecule has 4 atom stereocenters. The minimum Gasteiger partial charge on any atom is -0.481 e. The van der Waals surface area contributed by atoms with Gasteiger partial charge in [0.2, 0.25) is 17.7 Å². The maximum Gasteiger partial charge on any atom is 0.326 e. The Kier molecular flexibility index (Phi) is 10.6. The van der Waals surface area contributed by atoms with Gasteiger partial charge in [-0.25, -0.2) is 4.79 Å². The molecule has 2 aromatic rings. The Balaban J connectivity index is 2.23. The monoisotopic (exact) mass is 519 g/mol. The molecule has 0 saturated carbocycles. The molecule has 0 fully saturated rings. The van der Waals surface area contributed by atoms with Crippen LogP contribution in [0.2, 0.25) is 0 Å². The van der Waals surface area contributed by atoms with Crippen LogP contribution in [0, 0.1) is 5.92 Å². The summed E-state index contributed by atoms with van der Waals surface area (Å²) in [6.45, 7) is 2.42. The predicted octanol–water partition coefficient (Wildman–Crippen LogP) is -0.910. The Bertz CT molecular complexity index is 1130. The topological polar surface area (TPSA) is 224 Å². The van der Waals surface area contributed by atoms with Crippen molar-refractivity contribution in [2.45, 2.75) is 57.3 Å². The number of carboxylic acid groups (broad SMARTS) is 2. The van der Waals surface area contributed by atoms with Crippen LogP contribution in [0.25, 0.3) is 10.9 Å². The molecule has 13 heteroatoms. The predicted molar refractivity (Wildman–Crippen MR) is 132 cm³/mol. The quantitative estimate of drug-likeness (QED) is 0.154. The maximum atomic E-state index is 13.1. The maximum absolute atomic E-state index is 13.1. The van der Waals surface area contributed by atoms with E-state index in [1.54, 1.807) is 26.1 Å². The second kappa shape index (κ2) is 13.4. The number of H-pyrrole nitrogens is 1. The van der Waals surface area contributed by atoms with Crippen molar-refractivity contribution < 1.29 is 39.3 Å². The van der Waals surface area contributed by atoms with E-state index < -0.39 is 66.4 Å². The van der Waals surface area contributed by atoms with Crippen LogP contribution < -0.4 is 21.7 Å². The molecule has 37 heavy (non-hydrogen) atoms. The van der Waals surface area contributed by atoms with E-state index in [0.717, 1.165) is 10.9 Å². The largest absolute Gasteiger partial charge is 0.481 e. The number of hydrogen-bond donors (Lipinski definition) is 8. The Labute approximate surface area is 212 Å². The fourth-order valence-corrected chi connectivity index (χ4v) is 3.65. The zero-order chi connectivity index (χ0) is 27.7. The number of aliphatic hydroxyl groups excluding tert-OH is 1. The van der Waals surface area contributed by atoms with Crippen molar-refractivity contribution in [3.05, 3.63) is 36.0 Å². The third-order valence-corrected chi connectivity index (χ3v) is 5.78. The van der Waals surface area contributed by atoms with Gasteiger partial charge in [-0.05, 0) is 24.0 Å². The summed E-state index contributed by atoms with van der Waals surface area (Å²) < 4.78 is 0. The highest BCUT2D eigenvalue weighted by molar-refractivity contribution is 5.95. The third kappa shape index (κ3) is 8.29. The van der Waals surface area contributed by atoms with Crippen LogP contribution in [-0.4, -0.2) is 80.7 Å². The van der Waals surface area contributed by atoms with Crippen molar-refractivity contribution in [3.8, 4) is 0 Å². The lowest BCUT2D eigenvalue weighted by Gasteiger charge is -2.25. The molecule has 0 aliphatic carbocycles. The highest BCUT2D eigenvalue weighted by Crippen LogP contribution is 2.19. The Morgan fingerprint density at radius 3 is 2.16 bits per heavy atom. The number of aromatic nitrogens is 1. The first kappa shape index (κ1) is 29.3. The SMILES string of the molecule is CC(C)C(NC(=O)C(Cc1c[nH]c2ccccc12)NC(=O)C(CO)NC(=O)C(N)CCC(=O)O)C(=O)O. The summed E-state index contributed by atoms with van der Waals surface area (Å²) in [6.07, 6.45) is 1.10. The number of hydrogen-bond acceptors (Lipinski definition) is 7. The van der Waals surface area contributed by atoms with Gasteiger partial charge in [0.05, 0.1) is 12.6 Å². The van der Waals surface area contributed by atoms with E-state index in [0.29, 0.717) is 5.56 Å². The van der Waals surface area contributed by atoms with E-state index in [2.05, 4.69) is 20.9 Å². The first-order chi connectivity index (χ1) is 17.4. The normalized spacial score (nSPS) is 14.4. The van der Waals surface area contributed by atoms with Gasteiger partial charge in [-0.2, -0.15) is 0 Å². The lowest BCUT2D eigenvalue weighted by molar-refractivity contribution is -0.143. The van der Waals surface area contributed by atoms with Crippen LogP contribution in [0.15, 0.2) is 30.5 Å². The molecule has 13 nitrogen and oxygen atoms in total. The zero-order valence-electron chi connectivity index (χ0n) is 20.6. The number of nitrogens with one attached hydrogen (secondary N) is 4. The lowest BCUT2D eigenvalue weighted by Crippen LogP contribution is -2.59. The van der Waals surface area contributed by atoms with Crippen molar-refractivity contribution in [1.29, 1.82) is 0 Å². The number of rotatable bonds is 14. The highest BCUT2D eigenvalue weighted by atomic mass is 16.4. The van der Waals surface area contributed by atoms with E-state index in [-0.39, 0.29) is 19.3 Å². The average Bonchev–Trinajstić information content (AvgIpc) is 3.25. The smallest absolute Gasteiger partial charge is 0.326 e. The molecule has 1 aromatic carbocycles. The molecule has 9 N–H and O–H groups in total. The first-order valence-electron chi connectivity index (χ1n) is 11.7. The molecular weight excluding hydrogens is 486 g/mol. The molecule has 0 bridgehead atoms. The molecule has 0 saturated heterocycles. The van der Waals surface area contributed by atoms with Crippen molar-refractivity contribution in [2.24, 2.45) is 11.7 Å². The van der Waals surface area contributed by atoms with Gasteiger partial charge in [-0.1, -0.05) is 32.0 Å². The van der Waals surface area contributed by atoms with Crippen molar-refractivity contribution in [1.82, 2.24) is 20.9 Å². The standard InChI is InChI=1S/C24H33N5O8/c1-12(2)20(24(36)37)29-22(34)17(9-13-10-26-16-6-4-3-5-14(13)16)27-23(35)18(11-30)28-21(33)15(25)7-8-19(31)32/h3-6,10,12,15,17-18,20,26,30H,7-9,11,25H2,1-2H3,(H,27,35)(H,28,33)(H,29,34)(H,31,32)(H,36,37). The van der Waals surface area contributed by atoms with Gasteiger partial charge < -0.3 is 42.0 Å². The fraction of sp³-hybridized carbons (Fsp3) is 0.458. The van der Waals surface area contributed by atoms with Crippen LogP contribution in [0.1, 0.15) is 32.3 Å². The Morgan fingerprint density at radius 2 is 1.57 bits per heavy atom. The summed E-state index contributed by atoms with van der Waals surface area (Å²) >= 11 is 0. The van der Waals surface area contributed by atoms with Crippen LogP contribution in [0.4, 0.5) is 0 Å². The minimum absolute atomic E-state index is 0.0176.